The molecule has 0 aliphatic heterocycles. The largest absolute Gasteiger partial charge is 0.353 e. The molecule has 2 aliphatic rings. The lowest BCUT2D eigenvalue weighted by molar-refractivity contribution is -0.123. The monoisotopic (exact) mass is 294 g/mol. The Bertz CT molecular complexity index is 315. The second kappa shape index (κ2) is 8.17. The first-order valence-corrected chi connectivity index (χ1v) is 9.13. The first-order valence-electron chi connectivity index (χ1n) is 9.13. The second-order valence-corrected chi connectivity index (χ2v) is 7.38. The van der Waals surface area contributed by atoms with Gasteiger partial charge in [0.15, 0.2) is 0 Å². The van der Waals surface area contributed by atoms with Gasteiger partial charge in [0.25, 0.3) is 0 Å². The summed E-state index contributed by atoms with van der Waals surface area (Å²) in [7, 11) is 2.02. The lowest BCUT2D eigenvalue weighted by Crippen LogP contribution is -2.50. The third-order valence-electron chi connectivity index (χ3n) is 5.84. The summed E-state index contributed by atoms with van der Waals surface area (Å²) in [5.74, 6) is 0.941. The zero-order valence-electron chi connectivity index (χ0n) is 14.0. The van der Waals surface area contributed by atoms with Crippen molar-refractivity contribution in [3.63, 3.8) is 0 Å². The molecule has 0 radical (unpaired) electrons. The van der Waals surface area contributed by atoms with E-state index in [4.69, 9.17) is 0 Å². The minimum Gasteiger partial charge on any atom is -0.353 e. The number of nitrogens with one attached hydrogen (secondary N) is 2. The highest BCUT2D eigenvalue weighted by atomic mass is 16.1. The summed E-state index contributed by atoms with van der Waals surface area (Å²) < 4.78 is 0. The summed E-state index contributed by atoms with van der Waals surface area (Å²) in [6, 6.07) is 0.341. The van der Waals surface area contributed by atoms with Crippen LogP contribution in [0.25, 0.3) is 0 Å². The number of rotatable bonds is 5. The number of hydrogen-bond donors (Lipinski definition) is 2. The number of carbonyl (C=O) groups is 1. The predicted molar refractivity (Wildman–Crippen MR) is 88.3 cm³/mol. The highest BCUT2D eigenvalue weighted by Gasteiger charge is 2.33. The van der Waals surface area contributed by atoms with Gasteiger partial charge in [-0.3, -0.25) is 4.79 Å². The number of carbonyl (C=O) groups excluding carboxylic acids is 1. The van der Waals surface area contributed by atoms with Gasteiger partial charge in [-0.25, -0.2) is 0 Å². The van der Waals surface area contributed by atoms with E-state index >= 15 is 0 Å². The quantitative estimate of drug-likeness (QED) is 0.758. The normalized spacial score (nSPS) is 25.0. The summed E-state index contributed by atoms with van der Waals surface area (Å²) in [4.78, 5) is 12.5. The maximum Gasteiger partial charge on any atom is 0.222 e. The first-order chi connectivity index (χ1) is 10.2. The third-order valence-corrected chi connectivity index (χ3v) is 5.84. The molecule has 0 aromatic carbocycles. The van der Waals surface area contributed by atoms with Crippen LogP contribution in [-0.2, 0) is 4.79 Å². The molecule has 2 fully saturated rings. The van der Waals surface area contributed by atoms with Crippen molar-refractivity contribution in [2.75, 3.05) is 7.05 Å². The molecule has 122 valence electrons. The standard InChI is InChI=1S/C18H34N2O/c1-15(16-10-6-3-4-7-11-16)20-17(21)14-18(19-2)12-8-5-9-13-18/h15-16,19H,3-14H2,1-2H3,(H,20,21)/t15-/m0/s1. The Morgan fingerprint density at radius 3 is 2.19 bits per heavy atom. The van der Waals surface area contributed by atoms with Crippen LogP contribution in [0, 0.1) is 5.92 Å². The van der Waals surface area contributed by atoms with Gasteiger partial charge >= 0.3 is 0 Å². The molecule has 1 amide bonds. The van der Waals surface area contributed by atoms with Crippen LogP contribution in [0.4, 0.5) is 0 Å². The van der Waals surface area contributed by atoms with Gasteiger partial charge in [0.05, 0.1) is 0 Å². The third kappa shape index (κ3) is 4.98. The van der Waals surface area contributed by atoms with Gasteiger partial charge in [0.1, 0.15) is 0 Å². The van der Waals surface area contributed by atoms with Crippen LogP contribution < -0.4 is 10.6 Å². The molecule has 0 unspecified atom stereocenters. The number of amides is 1. The summed E-state index contributed by atoms with van der Waals surface area (Å²) in [5, 5.41) is 6.76. The Hall–Kier alpha value is -0.570. The maximum atomic E-state index is 12.5. The Morgan fingerprint density at radius 1 is 1.05 bits per heavy atom. The zero-order chi connectivity index (χ0) is 15.1. The van der Waals surface area contributed by atoms with Gasteiger partial charge in [0.2, 0.25) is 5.91 Å². The SMILES string of the molecule is CNC1(CC(=O)N[C@@H](C)C2CCCCCC2)CCCCC1. The molecule has 2 N–H and O–H groups in total. The first kappa shape index (κ1) is 16.8. The lowest BCUT2D eigenvalue weighted by Gasteiger charge is -2.37. The molecule has 2 aliphatic carbocycles. The molecule has 2 saturated carbocycles. The van der Waals surface area contributed by atoms with Gasteiger partial charge in [-0.1, -0.05) is 44.9 Å². The van der Waals surface area contributed by atoms with Gasteiger partial charge in [0, 0.05) is 18.0 Å². The highest BCUT2D eigenvalue weighted by Crippen LogP contribution is 2.31. The molecule has 0 spiro atoms. The highest BCUT2D eigenvalue weighted by molar-refractivity contribution is 5.77. The van der Waals surface area contributed by atoms with E-state index in [-0.39, 0.29) is 11.4 Å². The van der Waals surface area contributed by atoms with Crippen LogP contribution in [0.1, 0.15) is 84.0 Å². The van der Waals surface area contributed by atoms with Crippen LogP contribution in [-0.4, -0.2) is 24.5 Å². The number of hydrogen-bond acceptors (Lipinski definition) is 2. The van der Waals surface area contributed by atoms with E-state index < -0.39 is 0 Å². The average Bonchev–Trinajstić information content (AvgIpc) is 2.77. The molecule has 3 heteroatoms. The van der Waals surface area contributed by atoms with Crippen LogP contribution in [0.5, 0.6) is 0 Å². The average molecular weight is 294 g/mol. The van der Waals surface area contributed by atoms with Gasteiger partial charge in [-0.2, -0.15) is 0 Å². The Labute approximate surface area is 130 Å². The van der Waals surface area contributed by atoms with Crippen molar-refractivity contribution in [3.05, 3.63) is 0 Å². The second-order valence-electron chi connectivity index (χ2n) is 7.38. The topological polar surface area (TPSA) is 41.1 Å². The summed E-state index contributed by atoms with van der Waals surface area (Å²) in [6.45, 7) is 2.21. The van der Waals surface area contributed by atoms with Crippen LogP contribution in [0.2, 0.25) is 0 Å². The van der Waals surface area contributed by atoms with Crippen LogP contribution in [0.15, 0.2) is 0 Å². The fourth-order valence-corrected chi connectivity index (χ4v) is 4.28. The van der Waals surface area contributed by atoms with E-state index in [0.29, 0.717) is 18.4 Å². The van der Waals surface area contributed by atoms with Gasteiger partial charge < -0.3 is 10.6 Å². The zero-order valence-corrected chi connectivity index (χ0v) is 14.0. The molecule has 0 saturated heterocycles. The Kier molecular flexibility index (Phi) is 6.53. The molecular formula is C18H34N2O. The molecule has 21 heavy (non-hydrogen) atoms. The minimum atomic E-state index is 0.0610. The minimum absolute atomic E-state index is 0.0610. The predicted octanol–water partition coefficient (Wildman–Crippen LogP) is 3.77. The van der Waals surface area contributed by atoms with Gasteiger partial charge in [-0.05, 0) is 45.6 Å². The van der Waals surface area contributed by atoms with Crippen molar-refractivity contribution in [2.24, 2.45) is 5.92 Å². The molecular weight excluding hydrogens is 260 g/mol. The van der Waals surface area contributed by atoms with Crippen LogP contribution in [0.3, 0.4) is 0 Å². The van der Waals surface area contributed by atoms with Crippen molar-refractivity contribution in [3.8, 4) is 0 Å². The van der Waals surface area contributed by atoms with Crippen LogP contribution >= 0.6 is 0 Å². The summed E-state index contributed by atoms with van der Waals surface area (Å²) >= 11 is 0. The van der Waals surface area contributed by atoms with E-state index in [9.17, 15) is 4.79 Å². The summed E-state index contributed by atoms with van der Waals surface area (Å²) in [5.41, 5.74) is 0.0610. The van der Waals surface area contributed by atoms with E-state index in [1.54, 1.807) is 0 Å². The Morgan fingerprint density at radius 2 is 1.62 bits per heavy atom. The molecule has 2 rings (SSSR count). The summed E-state index contributed by atoms with van der Waals surface area (Å²) in [6.07, 6.45) is 14.8. The van der Waals surface area contributed by atoms with Crippen molar-refractivity contribution < 1.29 is 4.79 Å². The van der Waals surface area contributed by atoms with E-state index in [1.165, 1.54) is 57.8 Å². The van der Waals surface area contributed by atoms with Crippen molar-refractivity contribution in [1.82, 2.24) is 10.6 Å². The smallest absolute Gasteiger partial charge is 0.222 e. The molecule has 0 heterocycles. The van der Waals surface area contributed by atoms with E-state index in [1.807, 2.05) is 7.05 Å². The van der Waals surface area contributed by atoms with E-state index in [2.05, 4.69) is 17.6 Å². The molecule has 0 bridgehead atoms. The Balaban J connectivity index is 1.82. The fraction of sp³-hybridized carbons (Fsp3) is 0.944. The van der Waals surface area contributed by atoms with Crippen molar-refractivity contribution in [1.29, 1.82) is 0 Å². The molecule has 3 nitrogen and oxygen atoms in total. The van der Waals surface area contributed by atoms with Crippen molar-refractivity contribution in [2.45, 2.75) is 95.6 Å². The molecule has 0 aromatic heterocycles. The molecule has 1 atom stereocenters. The maximum absolute atomic E-state index is 12.5. The van der Waals surface area contributed by atoms with Crippen molar-refractivity contribution >= 4 is 5.91 Å². The van der Waals surface area contributed by atoms with Gasteiger partial charge in [-0.15, -0.1) is 0 Å². The van der Waals surface area contributed by atoms with E-state index in [0.717, 1.165) is 12.8 Å². The molecule has 0 aromatic rings. The lowest BCUT2D eigenvalue weighted by atomic mass is 9.79. The fourth-order valence-electron chi connectivity index (χ4n) is 4.28.